The monoisotopic (exact) mass is 324 g/mol. The van der Waals surface area contributed by atoms with Gasteiger partial charge in [0, 0.05) is 24.8 Å². The van der Waals surface area contributed by atoms with Crippen LogP contribution in [0.1, 0.15) is 18.1 Å². The number of carbonyl (C=O) groups excluding carboxylic acids is 2. The molecule has 0 unspecified atom stereocenters. The van der Waals surface area contributed by atoms with Crippen LogP contribution in [0.4, 0.5) is 11.4 Å². The van der Waals surface area contributed by atoms with E-state index in [1.54, 1.807) is 11.8 Å². The van der Waals surface area contributed by atoms with Crippen LogP contribution in [-0.2, 0) is 27.4 Å². The molecule has 2 amide bonds. The Kier molecular flexibility index (Phi) is 4.91. The summed E-state index contributed by atoms with van der Waals surface area (Å²) in [7, 11) is 0. The largest absolute Gasteiger partial charge is 0.367 e. The summed E-state index contributed by atoms with van der Waals surface area (Å²) in [6.07, 6.45) is 0.809. The van der Waals surface area contributed by atoms with Crippen LogP contribution in [0.2, 0.25) is 0 Å². The van der Waals surface area contributed by atoms with Gasteiger partial charge >= 0.3 is 0 Å². The third-order valence-corrected chi connectivity index (χ3v) is 3.98. The van der Waals surface area contributed by atoms with Gasteiger partial charge in [-0.2, -0.15) is 0 Å². The molecular weight excluding hydrogens is 304 g/mol. The minimum Gasteiger partial charge on any atom is -0.367 e. The summed E-state index contributed by atoms with van der Waals surface area (Å²) in [4.78, 5) is 25.3. The number of hydrogen-bond donors (Lipinski definition) is 1. The SMILES string of the molecule is CC(=O)N1CCc2cc(NC(=O)COCc3ccccc3)ccc21. The van der Waals surface area contributed by atoms with Crippen molar-refractivity contribution in [2.75, 3.05) is 23.4 Å². The molecule has 2 aromatic rings. The predicted octanol–water partition coefficient (Wildman–Crippen LogP) is 2.75. The molecule has 1 aliphatic rings. The molecule has 5 nitrogen and oxygen atoms in total. The van der Waals surface area contributed by atoms with Gasteiger partial charge in [0.15, 0.2) is 0 Å². The summed E-state index contributed by atoms with van der Waals surface area (Å²) in [6, 6.07) is 15.4. The Morgan fingerprint density at radius 3 is 2.71 bits per heavy atom. The molecule has 0 radical (unpaired) electrons. The maximum Gasteiger partial charge on any atom is 0.250 e. The van der Waals surface area contributed by atoms with Gasteiger partial charge in [0.05, 0.1) is 6.61 Å². The zero-order valence-electron chi connectivity index (χ0n) is 13.6. The molecule has 0 aromatic heterocycles. The van der Waals surface area contributed by atoms with Gasteiger partial charge in [0.1, 0.15) is 6.61 Å². The Morgan fingerprint density at radius 2 is 1.96 bits per heavy atom. The van der Waals surface area contributed by atoms with Gasteiger partial charge in [-0.3, -0.25) is 9.59 Å². The Bertz CT molecular complexity index is 744. The molecule has 3 rings (SSSR count). The molecule has 0 saturated carbocycles. The predicted molar refractivity (Wildman–Crippen MR) is 92.9 cm³/mol. The number of nitrogens with one attached hydrogen (secondary N) is 1. The van der Waals surface area contributed by atoms with Crippen LogP contribution in [0, 0.1) is 0 Å². The fourth-order valence-electron chi connectivity index (χ4n) is 2.84. The second-order valence-electron chi connectivity index (χ2n) is 5.79. The smallest absolute Gasteiger partial charge is 0.250 e. The maximum atomic E-state index is 12.0. The molecule has 1 heterocycles. The minimum absolute atomic E-state index is 0.00551. The Hall–Kier alpha value is -2.66. The first-order valence-electron chi connectivity index (χ1n) is 7.96. The molecule has 0 fully saturated rings. The number of hydrogen-bond acceptors (Lipinski definition) is 3. The molecular formula is C19H20N2O3. The van der Waals surface area contributed by atoms with Crippen molar-refractivity contribution in [1.82, 2.24) is 0 Å². The van der Waals surface area contributed by atoms with Crippen molar-refractivity contribution < 1.29 is 14.3 Å². The summed E-state index contributed by atoms with van der Waals surface area (Å²) in [5, 5.41) is 2.83. The zero-order chi connectivity index (χ0) is 16.9. The molecule has 0 bridgehead atoms. The molecule has 24 heavy (non-hydrogen) atoms. The molecule has 0 spiro atoms. The van der Waals surface area contributed by atoms with E-state index in [0.717, 1.165) is 28.9 Å². The summed E-state index contributed by atoms with van der Waals surface area (Å²) in [5.41, 5.74) is 3.77. The van der Waals surface area contributed by atoms with Crippen molar-refractivity contribution in [2.45, 2.75) is 20.0 Å². The summed E-state index contributed by atoms with van der Waals surface area (Å²) < 4.78 is 5.43. The van der Waals surface area contributed by atoms with Gasteiger partial charge in [0.2, 0.25) is 11.8 Å². The first-order chi connectivity index (χ1) is 11.6. The van der Waals surface area contributed by atoms with Gasteiger partial charge in [-0.25, -0.2) is 0 Å². The average molecular weight is 324 g/mol. The van der Waals surface area contributed by atoms with Crippen molar-refractivity contribution in [1.29, 1.82) is 0 Å². The number of carbonyl (C=O) groups is 2. The fraction of sp³-hybridized carbons (Fsp3) is 0.263. The molecule has 0 atom stereocenters. The molecule has 2 aromatic carbocycles. The standard InChI is InChI=1S/C19H20N2O3/c1-14(22)21-10-9-16-11-17(7-8-18(16)21)20-19(23)13-24-12-15-5-3-2-4-6-15/h2-8,11H,9-10,12-13H2,1H3,(H,20,23). The second-order valence-corrected chi connectivity index (χ2v) is 5.79. The highest BCUT2D eigenvalue weighted by Gasteiger charge is 2.22. The highest BCUT2D eigenvalue weighted by Crippen LogP contribution is 2.30. The van der Waals surface area contributed by atoms with Gasteiger partial charge in [-0.05, 0) is 35.7 Å². The average Bonchev–Trinajstić information content (AvgIpc) is 2.99. The quantitative estimate of drug-likeness (QED) is 0.920. The van der Waals surface area contributed by atoms with E-state index in [2.05, 4.69) is 5.32 Å². The number of ether oxygens (including phenoxy) is 1. The van der Waals surface area contributed by atoms with Gasteiger partial charge in [-0.15, -0.1) is 0 Å². The van der Waals surface area contributed by atoms with Crippen molar-refractivity contribution in [3.05, 3.63) is 59.7 Å². The van der Waals surface area contributed by atoms with Crippen molar-refractivity contribution in [2.24, 2.45) is 0 Å². The lowest BCUT2D eigenvalue weighted by molar-refractivity contribution is -0.121. The first-order valence-corrected chi connectivity index (χ1v) is 7.96. The number of fused-ring (bicyclic) bond motifs is 1. The third kappa shape index (κ3) is 3.81. The first kappa shape index (κ1) is 16.2. The number of nitrogens with zero attached hydrogens (tertiary/aromatic N) is 1. The highest BCUT2D eigenvalue weighted by molar-refractivity contribution is 5.95. The summed E-state index contributed by atoms with van der Waals surface area (Å²) in [6.45, 7) is 2.68. The minimum atomic E-state index is -0.188. The molecule has 0 aliphatic carbocycles. The normalized spacial score (nSPS) is 12.8. The van der Waals surface area contributed by atoms with E-state index in [0.29, 0.717) is 13.2 Å². The van der Waals surface area contributed by atoms with Crippen LogP contribution < -0.4 is 10.2 Å². The molecule has 0 saturated heterocycles. The highest BCUT2D eigenvalue weighted by atomic mass is 16.5. The fourth-order valence-corrected chi connectivity index (χ4v) is 2.84. The van der Waals surface area contributed by atoms with Crippen LogP contribution in [0.3, 0.4) is 0 Å². The molecule has 1 N–H and O–H groups in total. The Morgan fingerprint density at radius 1 is 1.17 bits per heavy atom. The number of amides is 2. The zero-order valence-corrected chi connectivity index (χ0v) is 13.6. The van der Waals surface area contributed by atoms with Crippen LogP contribution >= 0.6 is 0 Å². The molecule has 124 valence electrons. The van der Waals surface area contributed by atoms with E-state index >= 15 is 0 Å². The Balaban J connectivity index is 1.53. The van der Waals surface area contributed by atoms with E-state index in [9.17, 15) is 9.59 Å². The van der Waals surface area contributed by atoms with E-state index < -0.39 is 0 Å². The number of benzene rings is 2. The third-order valence-electron chi connectivity index (χ3n) is 3.98. The van der Waals surface area contributed by atoms with E-state index in [1.807, 2.05) is 48.5 Å². The Labute approximate surface area is 141 Å². The van der Waals surface area contributed by atoms with Crippen LogP contribution in [-0.4, -0.2) is 25.0 Å². The lowest BCUT2D eigenvalue weighted by Gasteiger charge is -2.15. The lowest BCUT2D eigenvalue weighted by Crippen LogP contribution is -2.25. The van der Waals surface area contributed by atoms with Crippen LogP contribution in [0.15, 0.2) is 48.5 Å². The van der Waals surface area contributed by atoms with Gasteiger partial charge in [0.25, 0.3) is 0 Å². The van der Waals surface area contributed by atoms with E-state index in [4.69, 9.17) is 4.74 Å². The van der Waals surface area contributed by atoms with Crippen LogP contribution in [0.5, 0.6) is 0 Å². The van der Waals surface area contributed by atoms with Gasteiger partial charge in [-0.1, -0.05) is 30.3 Å². The number of rotatable bonds is 5. The topological polar surface area (TPSA) is 58.6 Å². The maximum absolute atomic E-state index is 12.0. The van der Waals surface area contributed by atoms with Gasteiger partial charge < -0.3 is 15.0 Å². The van der Waals surface area contributed by atoms with Crippen LogP contribution in [0.25, 0.3) is 0 Å². The van der Waals surface area contributed by atoms with E-state index in [1.165, 1.54) is 0 Å². The van der Waals surface area contributed by atoms with E-state index in [-0.39, 0.29) is 18.4 Å². The van der Waals surface area contributed by atoms with Crippen molar-refractivity contribution in [3.63, 3.8) is 0 Å². The molecule has 5 heteroatoms. The molecule has 1 aliphatic heterocycles. The number of anilines is 2. The van der Waals surface area contributed by atoms with Crippen molar-refractivity contribution >= 4 is 23.2 Å². The summed E-state index contributed by atoms with van der Waals surface area (Å²) >= 11 is 0. The van der Waals surface area contributed by atoms with Crippen molar-refractivity contribution in [3.8, 4) is 0 Å². The second kappa shape index (κ2) is 7.27. The summed E-state index contributed by atoms with van der Waals surface area (Å²) in [5.74, 6) is -0.146. The lowest BCUT2D eigenvalue weighted by atomic mass is 10.1.